The van der Waals surface area contributed by atoms with E-state index in [1.807, 2.05) is 0 Å². The number of piperidine rings is 1. The average Bonchev–Trinajstić information content (AvgIpc) is 2.32. The van der Waals surface area contributed by atoms with Crippen LogP contribution in [0.25, 0.3) is 0 Å². The van der Waals surface area contributed by atoms with Crippen molar-refractivity contribution in [3.8, 4) is 11.5 Å². The molecule has 1 heterocycles. The molecule has 1 atom stereocenters. The van der Waals surface area contributed by atoms with Crippen LogP contribution in [0.5, 0.6) is 11.5 Å². The Morgan fingerprint density at radius 3 is 2.44 bits per heavy atom. The van der Waals surface area contributed by atoms with Gasteiger partial charge in [0.2, 0.25) is 0 Å². The lowest BCUT2D eigenvalue weighted by atomic mass is 9.90. The Kier molecular flexibility index (Phi) is 3.38. The average molecular weight is 261 g/mol. The third-order valence-electron chi connectivity index (χ3n) is 3.22. The van der Waals surface area contributed by atoms with Gasteiger partial charge in [0, 0.05) is 18.0 Å². The summed E-state index contributed by atoms with van der Waals surface area (Å²) in [6.07, 6.45) is -2.98. The van der Waals surface area contributed by atoms with Crippen molar-refractivity contribution in [3.63, 3.8) is 0 Å². The number of alkyl halides is 3. The van der Waals surface area contributed by atoms with Gasteiger partial charge in [-0.05, 0) is 25.5 Å². The van der Waals surface area contributed by atoms with Crippen LogP contribution in [-0.2, 0) is 6.18 Å². The minimum Gasteiger partial charge on any atom is -0.504 e. The van der Waals surface area contributed by atoms with Gasteiger partial charge in [0.15, 0.2) is 11.5 Å². The molecule has 0 saturated carbocycles. The highest BCUT2D eigenvalue weighted by Crippen LogP contribution is 2.44. The van der Waals surface area contributed by atoms with Crippen LogP contribution in [0.4, 0.5) is 13.2 Å². The largest absolute Gasteiger partial charge is 0.504 e. The van der Waals surface area contributed by atoms with Crippen LogP contribution in [0.1, 0.15) is 29.9 Å². The molecule has 6 heteroatoms. The molecule has 0 aliphatic carbocycles. The molecule has 1 aliphatic rings. The third-order valence-corrected chi connectivity index (χ3v) is 3.22. The van der Waals surface area contributed by atoms with Crippen LogP contribution in [0.15, 0.2) is 12.1 Å². The number of aromatic hydroxyl groups is 2. The molecule has 0 spiro atoms. The number of rotatable bonds is 1. The maximum absolute atomic E-state index is 12.5. The lowest BCUT2D eigenvalue weighted by molar-refractivity contribution is -0.138. The predicted octanol–water partition coefficient (Wildman–Crippen LogP) is 2.58. The molecule has 1 unspecified atom stereocenters. The summed E-state index contributed by atoms with van der Waals surface area (Å²) in [6, 6.07) is 2.06. The van der Waals surface area contributed by atoms with Gasteiger partial charge in [-0.3, -0.25) is 0 Å². The fraction of sp³-hybridized carbons (Fsp3) is 0.500. The van der Waals surface area contributed by atoms with Gasteiger partial charge in [-0.1, -0.05) is 6.07 Å². The van der Waals surface area contributed by atoms with Crippen molar-refractivity contribution in [2.45, 2.75) is 24.9 Å². The maximum Gasteiger partial charge on any atom is 0.420 e. The molecular formula is C12H14F3NO2. The van der Waals surface area contributed by atoms with Gasteiger partial charge in [0.05, 0.1) is 0 Å². The van der Waals surface area contributed by atoms with Crippen molar-refractivity contribution in [2.75, 3.05) is 13.1 Å². The maximum atomic E-state index is 12.5. The fourth-order valence-electron chi connectivity index (χ4n) is 2.27. The van der Waals surface area contributed by atoms with E-state index in [0.717, 1.165) is 25.5 Å². The van der Waals surface area contributed by atoms with Gasteiger partial charge >= 0.3 is 6.18 Å². The molecule has 1 fully saturated rings. The van der Waals surface area contributed by atoms with Gasteiger partial charge in [0.25, 0.3) is 0 Å². The van der Waals surface area contributed by atoms with Crippen LogP contribution in [0.3, 0.4) is 0 Å². The van der Waals surface area contributed by atoms with Crippen molar-refractivity contribution in [2.24, 2.45) is 0 Å². The third kappa shape index (κ3) is 2.38. The van der Waals surface area contributed by atoms with Gasteiger partial charge in [-0.25, -0.2) is 0 Å². The Bertz CT molecular complexity index is 440. The van der Waals surface area contributed by atoms with E-state index >= 15 is 0 Å². The lowest BCUT2D eigenvalue weighted by Crippen LogP contribution is -2.28. The van der Waals surface area contributed by atoms with Gasteiger partial charge in [0.1, 0.15) is 5.56 Å². The monoisotopic (exact) mass is 261 g/mol. The minimum atomic E-state index is -4.66. The molecule has 3 nitrogen and oxygen atoms in total. The van der Waals surface area contributed by atoms with Crippen LogP contribution in [-0.4, -0.2) is 23.3 Å². The Morgan fingerprint density at radius 2 is 1.89 bits per heavy atom. The molecule has 0 bridgehead atoms. The number of benzene rings is 1. The van der Waals surface area contributed by atoms with Crippen molar-refractivity contribution < 1.29 is 23.4 Å². The fourth-order valence-corrected chi connectivity index (χ4v) is 2.27. The molecule has 100 valence electrons. The highest BCUT2D eigenvalue weighted by molar-refractivity contribution is 5.52. The molecular weight excluding hydrogens is 247 g/mol. The summed E-state index contributed by atoms with van der Waals surface area (Å²) in [5, 5.41) is 22.3. The van der Waals surface area contributed by atoms with Crippen molar-refractivity contribution in [1.29, 1.82) is 0 Å². The number of hydrogen-bond acceptors (Lipinski definition) is 3. The van der Waals surface area contributed by atoms with Crippen molar-refractivity contribution in [3.05, 3.63) is 23.3 Å². The zero-order valence-electron chi connectivity index (χ0n) is 9.59. The summed E-state index contributed by atoms with van der Waals surface area (Å²) >= 11 is 0. The van der Waals surface area contributed by atoms with Gasteiger partial charge in [-0.15, -0.1) is 0 Å². The molecule has 0 amide bonds. The molecule has 1 aliphatic heterocycles. The van der Waals surface area contributed by atoms with Crippen LogP contribution in [0, 0.1) is 0 Å². The molecule has 1 saturated heterocycles. The van der Waals surface area contributed by atoms with Gasteiger partial charge in [-0.2, -0.15) is 13.2 Å². The Balaban J connectivity index is 2.37. The van der Waals surface area contributed by atoms with Crippen LogP contribution >= 0.6 is 0 Å². The Morgan fingerprint density at radius 1 is 1.17 bits per heavy atom. The second-order valence-corrected chi connectivity index (χ2v) is 4.44. The summed E-state index contributed by atoms with van der Waals surface area (Å²) in [5.74, 6) is -1.80. The lowest BCUT2D eigenvalue weighted by Gasteiger charge is -2.24. The van der Waals surface area contributed by atoms with E-state index in [0.29, 0.717) is 12.1 Å². The van der Waals surface area contributed by atoms with Crippen molar-refractivity contribution >= 4 is 0 Å². The molecule has 2 rings (SSSR count). The topological polar surface area (TPSA) is 52.5 Å². The number of halogens is 3. The first-order valence-corrected chi connectivity index (χ1v) is 5.74. The molecule has 18 heavy (non-hydrogen) atoms. The normalized spacial score (nSPS) is 20.9. The first kappa shape index (κ1) is 13.0. The van der Waals surface area contributed by atoms with E-state index in [1.165, 1.54) is 6.07 Å². The van der Waals surface area contributed by atoms with Crippen molar-refractivity contribution in [1.82, 2.24) is 5.32 Å². The standard InChI is InChI=1S/C12H14F3NO2/c13-12(14,15)9-4-3-8(10(17)11(9)18)7-2-1-5-16-6-7/h3-4,7,16-18H,1-2,5-6H2. The Hall–Kier alpha value is -1.43. The highest BCUT2D eigenvalue weighted by atomic mass is 19.4. The quantitative estimate of drug-likeness (QED) is 0.681. The molecule has 0 radical (unpaired) electrons. The van der Waals surface area contributed by atoms with E-state index in [2.05, 4.69) is 5.32 Å². The number of phenolic OH excluding ortho intramolecular Hbond substituents is 2. The second-order valence-electron chi connectivity index (χ2n) is 4.44. The highest BCUT2D eigenvalue weighted by Gasteiger charge is 2.36. The summed E-state index contributed by atoms with van der Waals surface area (Å²) < 4.78 is 37.6. The molecule has 1 aromatic carbocycles. The number of phenols is 2. The minimum absolute atomic E-state index is 0.0630. The summed E-state index contributed by atoms with van der Waals surface area (Å²) in [7, 11) is 0. The summed E-state index contributed by atoms with van der Waals surface area (Å²) in [4.78, 5) is 0. The SMILES string of the molecule is Oc1c(C2CCCNC2)ccc(C(F)(F)F)c1O. The zero-order chi connectivity index (χ0) is 13.3. The summed E-state index contributed by atoms with van der Waals surface area (Å²) in [5.41, 5.74) is -0.833. The summed E-state index contributed by atoms with van der Waals surface area (Å²) in [6.45, 7) is 1.46. The first-order chi connectivity index (χ1) is 8.41. The predicted molar refractivity (Wildman–Crippen MR) is 59.6 cm³/mol. The number of hydrogen-bond donors (Lipinski definition) is 3. The molecule has 3 N–H and O–H groups in total. The molecule has 0 aromatic heterocycles. The Labute approximate surface area is 102 Å². The second kappa shape index (κ2) is 4.68. The van der Waals surface area contributed by atoms with Gasteiger partial charge < -0.3 is 15.5 Å². The van der Waals surface area contributed by atoms with E-state index in [1.54, 1.807) is 0 Å². The smallest absolute Gasteiger partial charge is 0.420 e. The first-order valence-electron chi connectivity index (χ1n) is 5.74. The van der Waals surface area contributed by atoms with Crippen LogP contribution < -0.4 is 5.32 Å². The van der Waals surface area contributed by atoms with E-state index in [9.17, 15) is 23.4 Å². The van der Waals surface area contributed by atoms with Crippen LogP contribution in [0.2, 0.25) is 0 Å². The van der Waals surface area contributed by atoms with E-state index in [-0.39, 0.29) is 5.92 Å². The molecule has 1 aromatic rings. The number of nitrogens with one attached hydrogen (secondary N) is 1. The van der Waals surface area contributed by atoms with E-state index in [4.69, 9.17) is 0 Å². The van der Waals surface area contributed by atoms with E-state index < -0.39 is 23.2 Å². The zero-order valence-corrected chi connectivity index (χ0v) is 9.59.